The number of benzene rings is 3. The first kappa shape index (κ1) is 14.3. The van der Waals surface area contributed by atoms with Crippen LogP contribution in [0, 0.1) is 11.3 Å². The molecule has 0 N–H and O–H groups in total. The fraction of sp³-hybridized carbons (Fsp3) is 0.0455. The molecule has 2 heteroatoms. The lowest BCUT2D eigenvalue weighted by Gasteiger charge is -2.04. The Morgan fingerprint density at radius 1 is 0.833 bits per heavy atom. The Labute approximate surface area is 141 Å². The number of hydrogen-bond donors (Lipinski definition) is 0. The smallest absolute Gasteiger partial charge is 0.118 e. The van der Waals surface area contributed by atoms with Crippen molar-refractivity contribution in [1.82, 2.24) is 0 Å². The maximum Gasteiger partial charge on any atom is 0.118 e. The minimum absolute atomic E-state index is 0.720. The van der Waals surface area contributed by atoms with E-state index in [4.69, 9.17) is 4.74 Å². The molecule has 0 saturated heterocycles. The van der Waals surface area contributed by atoms with Gasteiger partial charge in [0.05, 0.1) is 18.7 Å². The number of rotatable bonds is 2. The van der Waals surface area contributed by atoms with Crippen molar-refractivity contribution in [1.29, 1.82) is 5.26 Å². The van der Waals surface area contributed by atoms with Crippen molar-refractivity contribution in [3.63, 3.8) is 0 Å². The van der Waals surface area contributed by atoms with Gasteiger partial charge in [0.15, 0.2) is 0 Å². The summed E-state index contributed by atoms with van der Waals surface area (Å²) in [5, 5.41) is 9.48. The molecule has 0 unspecified atom stereocenters. The normalized spacial score (nSPS) is 13.2. The molecule has 1 aliphatic rings. The van der Waals surface area contributed by atoms with E-state index in [2.05, 4.69) is 30.3 Å². The molecule has 0 bridgehead atoms. The first-order valence-electron chi connectivity index (χ1n) is 7.81. The Bertz CT molecular complexity index is 991. The molecule has 114 valence electrons. The van der Waals surface area contributed by atoms with Crippen LogP contribution in [0.3, 0.4) is 0 Å². The predicted octanol–water partition coefficient (Wildman–Crippen LogP) is 5.14. The maximum absolute atomic E-state index is 9.48. The summed E-state index contributed by atoms with van der Waals surface area (Å²) in [5.41, 5.74) is 7.44. The van der Waals surface area contributed by atoms with Gasteiger partial charge in [0.25, 0.3) is 0 Å². The van der Waals surface area contributed by atoms with E-state index in [9.17, 15) is 5.26 Å². The zero-order valence-electron chi connectivity index (χ0n) is 13.3. The molecule has 3 aromatic rings. The van der Waals surface area contributed by atoms with E-state index in [1.807, 2.05) is 48.5 Å². The molecule has 0 saturated carbocycles. The van der Waals surface area contributed by atoms with Crippen LogP contribution in [0.1, 0.15) is 22.3 Å². The predicted molar refractivity (Wildman–Crippen MR) is 96.6 cm³/mol. The molecule has 0 atom stereocenters. The van der Waals surface area contributed by atoms with Crippen molar-refractivity contribution in [3.05, 3.63) is 89.0 Å². The summed E-state index contributed by atoms with van der Waals surface area (Å²) in [6.45, 7) is 0. The highest BCUT2D eigenvalue weighted by Crippen LogP contribution is 2.46. The van der Waals surface area contributed by atoms with Gasteiger partial charge in [-0.05, 0) is 52.1 Å². The first-order valence-corrected chi connectivity index (χ1v) is 7.81. The Hall–Kier alpha value is -3.31. The lowest BCUT2D eigenvalue weighted by Crippen LogP contribution is -1.85. The summed E-state index contributed by atoms with van der Waals surface area (Å²) in [6.07, 6.45) is 2.17. The zero-order chi connectivity index (χ0) is 16.5. The van der Waals surface area contributed by atoms with Gasteiger partial charge in [0, 0.05) is 5.56 Å². The van der Waals surface area contributed by atoms with Crippen LogP contribution in [0.4, 0.5) is 0 Å². The Balaban J connectivity index is 1.94. The molecule has 0 amide bonds. The summed E-state index contributed by atoms with van der Waals surface area (Å²) in [7, 11) is 1.67. The summed E-state index contributed by atoms with van der Waals surface area (Å²) in [5.74, 6) is 0.844. The van der Waals surface area contributed by atoms with E-state index in [-0.39, 0.29) is 0 Å². The van der Waals surface area contributed by atoms with Crippen LogP contribution in [0.15, 0.2) is 66.7 Å². The van der Waals surface area contributed by atoms with Crippen LogP contribution in [-0.4, -0.2) is 7.11 Å². The van der Waals surface area contributed by atoms with Gasteiger partial charge in [-0.2, -0.15) is 5.26 Å². The number of hydrogen-bond acceptors (Lipinski definition) is 2. The molecule has 0 aromatic heterocycles. The lowest BCUT2D eigenvalue weighted by atomic mass is 9.99. The SMILES string of the molecule is COc1ccc(/C=C2/c3ccccc3-c3c(C#N)cccc32)cc1. The topological polar surface area (TPSA) is 33.0 Å². The van der Waals surface area contributed by atoms with Gasteiger partial charge in [-0.1, -0.05) is 48.5 Å². The molecule has 0 radical (unpaired) electrons. The third kappa shape index (κ3) is 2.19. The van der Waals surface area contributed by atoms with Gasteiger partial charge < -0.3 is 4.74 Å². The number of ether oxygens (including phenoxy) is 1. The molecule has 0 heterocycles. The molecule has 0 fully saturated rings. The summed E-state index contributed by atoms with van der Waals surface area (Å²) >= 11 is 0. The first-order chi connectivity index (χ1) is 11.8. The molecule has 2 nitrogen and oxygen atoms in total. The van der Waals surface area contributed by atoms with Crippen LogP contribution >= 0.6 is 0 Å². The van der Waals surface area contributed by atoms with Gasteiger partial charge in [-0.15, -0.1) is 0 Å². The monoisotopic (exact) mass is 309 g/mol. The quantitative estimate of drug-likeness (QED) is 0.514. The number of methoxy groups -OCH3 is 1. The minimum atomic E-state index is 0.720. The molecule has 24 heavy (non-hydrogen) atoms. The largest absolute Gasteiger partial charge is 0.497 e. The van der Waals surface area contributed by atoms with E-state index in [1.165, 1.54) is 5.56 Å². The molecular weight excluding hydrogens is 294 g/mol. The van der Waals surface area contributed by atoms with E-state index >= 15 is 0 Å². The molecule has 4 rings (SSSR count). The van der Waals surface area contributed by atoms with Gasteiger partial charge in [0.2, 0.25) is 0 Å². The number of nitrogens with zero attached hydrogens (tertiary/aromatic N) is 1. The van der Waals surface area contributed by atoms with E-state index in [0.29, 0.717) is 0 Å². The molecule has 1 aliphatic carbocycles. The van der Waals surface area contributed by atoms with Gasteiger partial charge in [0.1, 0.15) is 5.75 Å². The Morgan fingerprint density at radius 2 is 1.54 bits per heavy atom. The second-order valence-electron chi connectivity index (χ2n) is 5.72. The van der Waals surface area contributed by atoms with Crippen LogP contribution in [-0.2, 0) is 0 Å². The van der Waals surface area contributed by atoms with Crippen molar-refractivity contribution in [2.45, 2.75) is 0 Å². The highest BCUT2D eigenvalue weighted by atomic mass is 16.5. The molecular formula is C22H15NO. The van der Waals surface area contributed by atoms with Gasteiger partial charge in [-0.25, -0.2) is 0 Å². The van der Waals surface area contributed by atoms with Crippen molar-refractivity contribution in [3.8, 4) is 22.9 Å². The molecule has 0 spiro atoms. The van der Waals surface area contributed by atoms with Gasteiger partial charge >= 0.3 is 0 Å². The van der Waals surface area contributed by atoms with Crippen molar-refractivity contribution < 1.29 is 4.74 Å². The second-order valence-corrected chi connectivity index (χ2v) is 5.72. The van der Waals surface area contributed by atoms with E-state index < -0.39 is 0 Å². The fourth-order valence-corrected chi connectivity index (χ4v) is 3.26. The number of nitriles is 1. The maximum atomic E-state index is 9.48. The van der Waals surface area contributed by atoms with Gasteiger partial charge in [-0.3, -0.25) is 0 Å². The lowest BCUT2D eigenvalue weighted by molar-refractivity contribution is 0.415. The Morgan fingerprint density at radius 3 is 2.25 bits per heavy atom. The van der Waals surface area contributed by atoms with Crippen molar-refractivity contribution in [2.24, 2.45) is 0 Å². The van der Waals surface area contributed by atoms with E-state index in [0.717, 1.165) is 39.1 Å². The van der Waals surface area contributed by atoms with Crippen molar-refractivity contribution >= 4 is 11.6 Å². The summed E-state index contributed by atoms with van der Waals surface area (Å²) in [4.78, 5) is 0. The summed E-state index contributed by atoms with van der Waals surface area (Å²) < 4.78 is 5.23. The second kappa shape index (κ2) is 5.72. The van der Waals surface area contributed by atoms with Crippen LogP contribution in [0.25, 0.3) is 22.8 Å². The third-order valence-electron chi connectivity index (χ3n) is 4.39. The standard InChI is InChI=1S/C22H15NO/c1-24-17-11-9-15(10-12-17)13-21-18-6-2-3-7-19(18)22-16(14-23)5-4-8-20(21)22/h2-13H,1H3/b21-13-. The van der Waals surface area contributed by atoms with Crippen LogP contribution in [0.5, 0.6) is 5.75 Å². The average Bonchev–Trinajstić information content (AvgIpc) is 2.97. The average molecular weight is 309 g/mol. The number of fused-ring (bicyclic) bond motifs is 3. The summed E-state index contributed by atoms with van der Waals surface area (Å²) in [6, 6.07) is 24.5. The molecule has 3 aromatic carbocycles. The fourth-order valence-electron chi connectivity index (χ4n) is 3.26. The van der Waals surface area contributed by atoms with Crippen LogP contribution in [0.2, 0.25) is 0 Å². The Kier molecular flexibility index (Phi) is 3.40. The highest BCUT2D eigenvalue weighted by molar-refractivity contribution is 6.07. The van der Waals surface area contributed by atoms with Crippen molar-refractivity contribution in [2.75, 3.05) is 7.11 Å². The zero-order valence-corrected chi connectivity index (χ0v) is 13.3. The minimum Gasteiger partial charge on any atom is -0.497 e. The van der Waals surface area contributed by atoms with Crippen LogP contribution < -0.4 is 4.74 Å². The highest BCUT2D eigenvalue weighted by Gasteiger charge is 2.25. The third-order valence-corrected chi connectivity index (χ3v) is 4.39. The molecule has 0 aliphatic heterocycles. The van der Waals surface area contributed by atoms with E-state index in [1.54, 1.807) is 7.11 Å².